The van der Waals surface area contributed by atoms with Gasteiger partial charge in [0.1, 0.15) is 6.10 Å². The standard InChI is InChI=1S/C9H11NO5/c11-4-5-1-6(3-10-2-5)7(12)8(13)9(14)15/h1-3,7-8,11-13H,4H2,(H,14,15). The fourth-order valence-electron chi connectivity index (χ4n) is 1.07. The predicted octanol–water partition coefficient (Wildman–Crippen LogP) is -0.947. The summed E-state index contributed by atoms with van der Waals surface area (Å²) < 4.78 is 0. The quantitative estimate of drug-likeness (QED) is 0.513. The van der Waals surface area contributed by atoms with Crippen molar-refractivity contribution in [1.82, 2.24) is 4.98 Å². The molecule has 0 saturated heterocycles. The Morgan fingerprint density at radius 3 is 2.60 bits per heavy atom. The zero-order valence-corrected chi connectivity index (χ0v) is 7.74. The van der Waals surface area contributed by atoms with E-state index in [-0.39, 0.29) is 12.2 Å². The normalized spacial score (nSPS) is 14.6. The van der Waals surface area contributed by atoms with Crippen molar-refractivity contribution in [1.29, 1.82) is 0 Å². The van der Waals surface area contributed by atoms with E-state index in [4.69, 9.17) is 15.3 Å². The van der Waals surface area contributed by atoms with Crippen molar-refractivity contribution in [3.05, 3.63) is 29.6 Å². The molecule has 82 valence electrons. The summed E-state index contributed by atoms with van der Waals surface area (Å²) in [5.41, 5.74) is 0.584. The minimum absolute atomic E-state index is 0.149. The number of hydrogen-bond donors (Lipinski definition) is 4. The van der Waals surface area contributed by atoms with Gasteiger partial charge < -0.3 is 20.4 Å². The van der Waals surface area contributed by atoms with Crippen molar-refractivity contribution in [3.8, 4) is 0 Å². The van der Waals surface area contributed by atoms with Crippen molar-refractivity contribution in [2.75, 3.05) is 0 Å². The zero-order valence-electron chi connectivity index (χ0n) is 7.74. The van der Waals surface area contributed by atoms with Gasteiger partial charge in [0.05, 0.1) is 6.61 Å². The molecule has 0 spiro atoms. The van der Waals surface area contributed by atoms with E-state index in [2.05, 4.69) is 4.98 Å². The molecule has 0 aliphatic rings. The number of carboxylic acid groups (broad SMARTS) is 1. The van der Waals surface area contributed by atoms with Crippen LogP contribution in [0.25, 0.3) is 0 Å². The third-order valence-corrected chi connectivity index (χ3v) is 1.89. The maximum absolute atomic E-state index is 10.4. The average molecular weight is 213 g/mol. The molecule has 0 bridgehead atoms. The molecule has 6 nitrogen and oxygen atoms in total. The second kappa shape index (κ2) is 4.83. The molecule has 2 atom stereocenters. The summed E-state index contributed by atoms with van der Waals surface area (Å²) in [5, 5.41) is 35.8. The molecule has 0 aliphatic heterocycles. The molecule has 1 rings (SSSR count). The highest BCUT2D eigenvalue weighted by Crippen LogP contribution is 2.17. The molecule has 2 unspecified atom stereocenters. The van der Waals surface area contributed by atoms with Gasteiger partial charge in [0.2, 0.25) is 0 Å². The van der Waals surface area contributed by atoms with E-state index in [9.17, 15) is 9.90 Å². The van der Waals surface area contributed by atoms with Gasteiger partial charge in [-0.3, -0.25) is 4.98 Å². The van der Waals surface area contributed by atoms with Gasteiger partial charge in [-0.25, -0.2) is 4.79 Å². The van der Waals surface area contributed by atoms with Crippen molar-refractivity contribution >= 4 is 5.97 Å². The van der Waals surface area contributed by atoms with Crippen molar-refractivity contribution in [2.45, 2.75) is 18.8 Å². The van der Waals surface area contributed by atoms with Crippen molar-refractivity contribution < 1.29 is 25.2 Å². The molecule has 15 heavy (non-hydrogen) atoms. The number of nitrogens with zero attached hydrogens (tertiary/aromatic N) is 1. The summed E-state index contributed by atoms with van der Waals surface area (Å²) in [7, 11) is 0. The topological polar surface area (TPSA) is 111 Å². The first kappa shape index (κ1) is 11.6. The monoisotopic (exact) mass is 213 g/mol. The maximum Gasteiger partial charge on any atom is 0.335 e. The van der Waals surface area contributed by atoms with Crippen LogP contribution in [0.5, 0.6) is 0 Å². The molecule has 0 aliphatic carbocycles. The van der Waals surface area contributed by atoms with Crippen LogP contribution in [0, 0.1) is 0 Å². The number of pyridine rings is 1. The third-order valence-electron chi connectivity index (χ3n) is 1.89. The molecule has 1 heterocycles. The first-order chi connectivity index (χ1) is 7.06. The third kappa shape index (κ3) is 2.72. The van der Waals surface area contributed by atoms with Gasteiger partial charge in [0, 0.05) is 18.0 Å². The molecular formula is C9H11NO5. The summed E-state index contributed by atoms with van der Waals surface area (Å²) >= 11 is 0. The van der Waals surface area contributed by atoms with Gasteiger partial charge in [-0.15, -0.1) is 0 Å². The van der Waals surface area contributed by atoms with Crippen LogP contribution in [-0.4, -0.2) is 37.5 Å². The fourth-order valence-corrected chi connectivity index (χ4v) is 1.07. The predicted molar refractivity (Wildman–Crippen MR) is 48.8 cm³/mol. The maximum atomic E-state index is 10.4. The molecule has 0 radical (unpaired) electrons. The molecular weight excluding hydrogens is 202 g/mol. The van der Waals surface area contributed by atoms with Crippen LogP contribution in [-0.2, 0) is 11.4 Å². The molecule has 0 aromatic carbocycles. The minimum Gasteiger partial charge on any atom is -0.479 e. The number of aliphatic hydroxyl groups is 3. The molecule has 0 fully saturated rings. The van der Waals surface area contributed by atoms with Crippen LogP contribution < -0.4 is 0 Å². The van der Waals surface area contributed by atoms with Gasteiger partial charge in [-0.05, 0) is 11.6 Å². The molecule has 0 amide bonds. The SMILES string of the molecule is O=C(O)C(O)C(O)c1cncc(CO)c1. The number of hydrogen-bond acceptors (Lipinski definition) is 5. The van der Waals surface area contributed by atoms with Crippen LogP contribution in [0.3, 0.4) is 0 Å². The van der Waals surface area contributed by atoms with Gasteiger partial charge in [0.15, 0.2) is 6.10 Å². The minimum atomic E-state index is -1.90. The number of aromatic nitrogens is 1. The van der Waals surface area contributed by atoms with E-state index in [1.807, 2.05) is 0 Å². The van der Waals surface area contributed by atoms with E-state index in [1.165, 1.54) is 18.5 Å². The zero-order chi connectivity index (χ0) is 11.4. The Hall–Kier alpha value is -1.50. The highest BCUT2D eigenvalue weighted by Gasteiger charge is 2.25. The Morgan fingerprint density at radius 2 is 2.07 bits per heavy atom. The van der Waals surface area contributed by atoms with Crippen LogP contribution in [0.15, 0.2) is 18.5 Å². The van der Waals surface area contributed by atoms with E-state index in [1.54, 1.807) is 0 Å². The van der Waals surface area contributed by atoms with Crippen LogP contribution >= 0.6 is 0 Å². The molecule has 1 aromatic rings. The number of carbonyl (C=O) groups is 1. The second-order valence-electron chi connectivity index (χ2n) is 3.01. The van der Waals surface area contributed by atoms with E-state index in [0.717, 1.165) is 0 Å². The Kier molecular flexibility index (Phi) is 3.73. The van der Waals surface area contributed by atoms with Gasteiger partial charge in [0.25, 0.3) is 0 Å². The number of rotatable bonds is 4. The van der Waals surface area contributed by atoms with Crippen molar-refractivity contribution in [3.63, 3.8) is 0 Å². The summed E-state index contributed by atoms with van der Waals surface area (Å²) in [6, 6.07) is 1.38. The van der Waals surface area contributed by atoms with E-state index >= 15 is 0 Å². The highest BCUT2D eigenvalue weighted by molar-refractivity contribution is 5.73. The highest BCUT2D eigenvalue weighted by atomic mass is 16.4. The Morgan fingerprint density at radius 1 is 1.40 bits per heavy atom. The summed E-state index contributed by atoms with van der Waals surface area (Å²) in [6.07, 6.45) is -0.846. The molecule has 4 N–H and O–H groups in total. The van der Waals surface area contributed by atoms with E-state index < -0.39 is 18.2 Å². The van der Waals surface area contributed by atoms with Crippen LogP contribution in [0.4, 0.5) is 0 Å². The first-order valence-corrected chi connectivity index (χ1v) is 4.20. The smallest absolute Gasteiger partial charge is 0.335 e. The van der Waals surface area contributed by atoms with Crippen LogP contribution in [0.1, 0.15) is 17.2 Å². The molecule has 1 aromatic heterocycles. The van der Waals surface area contributed by atoms with E-state index in [0.29, 0.717) is 5.56 Å². The average Bonchev–Trinajstić information content (AvgIpc) is 2.27. The number of aliphatic hydroxyl groups excluding tert-OH is 3. The lowest BCUT2D eigenvalue weighted by Gasteiger charge is -2.14. The first-order valence-electron chi connectivity index (χ1n) is 4.20. The Bertz CT molecular complexity index is 354. The number of carboxylic acids is 1. The van der Waals surface area contributed by atoms with Crippen LogP contribution in [0.2, 0.25) is 0 Å². The lowest BCUT2D eigenvalue weighted by molar-refractivity contribution is -0.153. The molecule has 0 saturated carbocycles. The Labute approximate surface area is 85.4 Å². The van der Waals surface area contributed by atoms with Gasteiger partial charge in [-0.2, -0.15) is 0 Å². The second-order valence-corrected chi connectivity index (χ2v) is 3.01. The summed E-state index contributed by atoms with van der Waals surface area (Å²) in [6.45, 7) is -0.267. The fraction of sp³-hybridized carbons (Fsp3) is 0.333. The molecule has 6 heteroatoms. The Balaban J connectivity index is 2.90. The summed E-state index contributed by atoms with van der Waals surface area (Å²) in [4.78, 5) is 14.1. The lowest BCUT2D eigenvalue weighted by atomic mass is 10.1. The van der Waals surface area contributed by atoms with Crippen molar-refractivity contribution in [2.24, 2.45) is 0 Å². The number of aliphatic carboxylic acids is 1. The lowest BCUT2D eigenvalue weighted by Crippen LogP contribution is -2.27. The van der Waals surface area contributed by atoms with Gasteiger partial charge in [-0.1, -0.05) is 0 Å². The largest absolute Gasteiger partial charge is 0.479 e. The summed E-state index contributed by atoms with van der Waals surface area (Å²) in [5.74, 6) is -1.52. The van der Waals surface area contributed by atoms with Gasteiger partial charge >= 0.3 is 5.97 Å².